The first-order chi connectivity index (χ1) is 10.2. The SMILES string of the molecule is CNCCc1ccccc1C(=O)NC1CCCC(SC)C1. The summed E-state index contributed by atoms with van der Waals surface area (Å²) in [7, 11) is 1.94. The highest BCUT2D eigenvalue weighted by atomic mass is 32.2. The van der Waals surface area contributed by atoms with Crippen molar-refractivity contribution in [2.45, 2.75) is 43.4 Å². The number of nitrogens with one attached hydrogen (secondary N) is 2. The van der Waals surface area contributed by atoms with Crippen LogP contribution in [0.2, 0.25) is 0 Å². The molecule has 1 fully saturated rings. The maximum absolute atomic E-state index is 12.6. The average Bonchev–Trinajstić information content (AvgIpc) is 2.53. The first-order valence-electron chi connectivity index (χ1n) is 7.80. The Morgan fingerprint density at radius 1 is 1.33 bits per heavy atom. The fourth-order valence-electron chi connectivity index (χ4n) is 2.97. The zero-order valence-corrected chi connectivity index (χ0v) is 13.8. The Morgan fingerprint density at radius 2 is 2.14 bits per heavy atom. The van der Waals surface area contributed by atoms with Crippen molar-refractivity contribution >= 4 is 17.7 Å². The van der Waals surface area contributed by atoms with Crippen molar-refractivity contribution in [3.05, 3.63) is 35.4 Å². The monoisotopic (exact) mass is 306 g/mol. The van der Waals surface area contributed by atoms with Crippen LogP contribution in [0, 0.1) is 0 Å². The molecule has 0 aliphatic heterocycles. The van der Waals surface area contributed by atoms with E-state index >= 15 is 0 Å². The summed E-state index contributed by atoms with van der Waals surface area (Å²) in [6, 6.07) is 8.28. The lowest BCUT2D eigenvalue weighted by atomic mass is 9.94. The van der Waals surface area contributed by atoms with Gasteiger partial charge < -0.3 is 10.6 Å². The van der Waals surface area contributed by atoms with E-state index in [0.29, 0.717) is 11.3 Å². The third kappa shape index (κ3) is 4.75. The van der Waals surface area contributed by atoms with E-state index < -0.39 is 0 Å². The molecular formula is C17H26N2OS. The molecular weight excluding hydrogens is 280 g/mol. The second kappa shape index (κ2) is 8.44. The highest BCUT2D eigenvalue weighted by Crippen LogP contribution is 2.27. The van der Waals surface area contributed by atoms with Gasteiger partial charge in [0.15, 0.2) is 0 Å². The van der Waals surface area contributed by atoms with E-state index in [9.17, 15) is 4.79 Å². The summed E-state index contributed by atoms with van der Waals surface area (Å²) in [5, 5.41) is 7.08. The molecule has 0 heterocycles. The van der Waals surface area contributed by atoms with Crippen molar-refractivity contribution in [2.75, 3.05) is 19.8 Å². The van der Waals surface area contributed by atoms with Crippen LogP contribution >= 0.6 is 11.8 Å². The van der Waals surface area contributed by atoms with Crippen LogP contribution in [0.15, 0.2) is 24.3 Å². The van der Waals surface area contributed by atoms with Crippen LogP contribution in [-0.2, 0) is 6.42 Å². The molecule has 1 aromatic carbocycles. The van der Waals surface area contributed by atoms with Crippen molar-refractivity contribution in [3.8, 4) is 0 Å². The molecule has 4 heteroatoms. The molecule has 0 aromatic heterocycles. The number of rotatable bonds is 6. The van der Waals surface area contributed by atoms with Crippen LogP contribution in [0.1, 0.15) is 41.6 Å². The van der Waals surface area contributed by atoms with Gasteiger partial charge in [-0.2, -0.15) is 11.8 Å². The van der Waals surface area contributed by atoms with Crippen LogP contribution < -0.4 is 10.6 Å². The Morgan fingerprint density at radius 3 is 2.90 bits per heavy atom. The molecule has 3 nitrogen and oxygen atoms in total. The quantitative estimate of drug-likeness (QED) is 0.849. The predicted octanol–water partition coefficient (Wildman–Crippen LogP) is 2.85. The summed E-state index contributed by atoms with van der Waals surface area (Å²) >= 11 is 1.93. The Kier molecular flexibility index (Phi) is 6.58. The molecule has 0 bridgehead atoms. The van der Waals surface area contributed by atoms with Gasteiger partial charge in [0.1, 0.15) is 0 Å². The number of hydrogen-bond donors (Lipinski definition) is 2. The summed E-state index contributed by atoms with van der Waals surface area (Å²) in [5.41, 5.74) is 1.96. The standard InChI is InChI=1S/C17H26N2OS/c1-18-11-10-13-6-3-4-9-16(13)17(20)19-14-7-5-8-15(12-14)21-2/h3-4,6,9,14-15,18H,5,7-8,10-12H2,1-2H3,(H,19,20). The van der Waals surface area contributed by atoms with E-state index in [2.05, 4.69) is 23.0 Å². The van der Waals surface area contributed by atoms with Crippen LogP contribution in [-0.4, -0.2) is 37.0 Å². The first-order valence-corrected chi connectivity index (χ1v) is 9.09. The summed E-state index contributed by atoms with van der Waals surface area (Å²) in [4.78, 5) is 12.6. The maximum atomic E-state index is 12.6. The molecule has 21 heavy (non-hydrogen) atoms. The number of likely N-dealkylation sites (N-methyl/N-ethyl adjacent to an activating group) is 1. The number of thioether (sulfide) groups is 1. The first kappa shape index (κ1) is 16.4. The predicted molar refractivity (Wildman–Crippen MR) is 91.1 cm³/mol. The smallest absolute Gasteiger partial charge is 0.251 e. The van der Waals surface area contributed by atoms with Crippen LogP contribution in [0.25, 0.3) is 0 Å². The Hall–Kier alpha value is -1.00. The van der Waals surface area contributed by atoms with Crippen LogP contribution in [0.4, 0.5) is 0 Å². The molecule has 116 valence electrons. The topological polar surface area (TPSA) is 41.1 Å². The minimum absolute atomic E-state index is 0.0912. The summed E-state index contributed by atoms with van der Waals surface area (Å²) < 4.78 is 0. The minimum Gasteiger partial charge on any atom is -0.349 e. The number of amides is 1. The van der Waals surface area contributed by atoms with E-state index in [1.54, 1.807) is 0 Å². The molecule has 0 spiro atoms. The molecule has 0 radical (unpaired) electrons. The molecule has 2 rings (SSSR count). The maximum Gasteiger partial charge on any atom is 0.251 e. The fourth-order valence-corrected chi connectivity index (χ4v) is 3.80. The van der Waals surface area contributed by atoms with Crippen molar-refractivity contribution < 1.29 is 4.79 Å². The van der Waals surface area contributed by atoms with Crippen molar-refractivity contribution in [3.63, 3.8) is 0 Å². The van der Waals surface area contributed by atoms with E-state index in [1.807, 2.05) is 37.0 Å². The largest absolute Gasteiger partial charge is 0.349 e. The van der Waals surface area contributed by atoms with Gasteiger partial charge in [-0.25, -0.2) is 0 Å². The number of carbonyl (C=O) groups excluding carboxylic acids is 1. The van der Waals surface area contributed by atoms with E-state index in [1.165, 1.54) is 12.8 Å². The lowest BCUT2D eigenvalue weighted by molar-refractivity contribution is 0.0927. The molecule has 1 amide bonds. The molecule has 2 atom stereocenters. The Labute approximate surface area is 132 Å². The van der Waals surface area contributed by atoms with Crippen LogP contribution in [0.3, 0.4) is 0 Å². The minimum atomic E-state index is 0.0912. The number of hydrogen-bond acceptors (Lipinski definition) is 3. The van der Waals surface area contributed by atoms with Crippen molar-refractivity contribution in [2.24, 2.45) is 0 Å². The highest BCUT2D eigenvalue weighted by Gasteiger charge is 2.23. The summed E-state index contributed by atoms with van der Waals surface area (Å²) in [6.45, 7) is 0.891. The van der Waals surface area contributed by atoms with Gasteiger partial charge >= 0.3 is 0 Å². The summed E-state index contributed by atoms with van der Waals surface area (Å²) in [5.74, 6) is 0.0912. The van der Waals surface area contributed by atoms with Gasteiger partial charge in [-0.1, -0.05) is 24.6 Å². The van der Waals surface area contributed by atoms with Crippen molar-refractivity contribution in [1.29, 1.82) is 0 Å². The summed E-state index contributed by atoms with van der Waals surface area (Å²) in [6.07, 6.45) is 7.78. The zero-order valence-electron chi connectivity index (χ0n) is 13.0. The lowest BCUT2D eigenvalue weighted by Crippen LogP contribution is -2.39. The van der Waals surface area contributed by atoms with Gasteiger partial charge in [-0.15, -0.1) is 0 Å². The lowest BCUT2D eigenvalue weighted by Gasteiger charge is -2.28. The van der Waals surface area contributed by atoms with E-state index in [4.69, 9.17) is 0 Å². The Bertz CT molecular complexity index is 464. The zero-order chi connectivity index (χ0) is 15.1. The molecule has 2 unspecified atom stereocenters. The third-order valence-corrected chi connectivity index (χ3v) is 5.30. The van der Waals surface area contributed by atoms with E-state index in [-0.39, 0.29) is 5.91 Å². The van der Waals surface area contributed by atoms with Crippen molar-refractivity contribution in [1.82, 2.24) is 10.6 Å². The fraction of sp³-hybridized carbons (Fsp3) is 0.588. The normalized spacial score (nSPS) is 22.0. The molecule has 1 aliphatic carbocycles. The second-order valence-corrected chi connectivity index (χ2v) is 6.84. The number of carbonyl (C=O) groups is 1. The van der Waals surface area contributed by atoms with Gasteiger partial charge in [0.25, 0.3) is 5.91 Å². The number of benzene rings is 1. The highest BCUT2D eigenvalue weighted by molar-refractivity contribution is 7.99. The average molecular weight is 306 g/mol. The molecule has 0 saturated heterocycles. The molecule has 2 N–H and O–H groups in total. The van der Waals surface area contributed by atoms with Gasteiger partial charge in [0.2, 0.25) is 0 Å². The third-order valence-electron chi connectivity index (χ3n) is 4.20. The van der Waals surface area contributed by atoms with Crippen LogP contribution in [0.5, 0.6) is 0 Å². The van der Waals surface area contributed by atoms with Gasteiger partial charge in [-0.05, 0) is 57.2 Å². The molecule has 1 aliphatic rings. The van der Waals surface area contributed by atoms with Gasteiger partial charge in [0, 0.05) is 16.9 Å². The van der Waals surface area contributed by atoms with Gasteiger partial charge in [0.05, 0.1) is 0 Å². The molecule has 1 saturated carbocycles. The second-order valence-electron chi connectivity index (χ2n) is 5.71. The molecule has 1 aromatic rings. The van der Waals surface area contributed by atoms with Gasteiger partial charge in [-0.3, -0.25) is 4.79 Å². The Balaban J connectivity index is 1.99. The van der Waals surface area contributed by atoms with E-state index in [0.717, 1.165) is 36.9 Å².